The normalized spacial score (nSPS) is 10.6. The Morgan fingerprint density at radius 2 is 1.32 bits per heavy atom. The Morgan fingerprint density at radius 1 is 0.789 bits per heavy atom. The van der Waals surface area contributed by atoms with Crippen LogP contribution in [0.25, 0.3) is 0 Å². The van der Waals surface area contributed by atoms with Gasteiger partial charge in [0.15, 0.2) is 6.29 Å². The maximum absolute atomic E-state index is 10.1. The Morgan fingerprint density at radius 3 is 1.79 bits per heavy atom. The van der Waals surface area contributed by atoms with E-state index in [0.717, 1.165) is 19.3 Å². The molecule has 0 spiro atoms. The van der Waals surface area contributed by atoms with Gasteiger partial charge in [-0.1, -0.05) is 56.9 Å². The predicted molar refractivity (Wildman–Crippen MR) is 82.2 cm³/mol. The van der Waals surface area contributed by atoms with E-state index in [1.54, 1.807) is 0 Å². The summed E-state index contributed by atoms with van der Waals surface area (Å²) in [6, 6.07) is 9.09. The third kappa shape index (κ3) is 7.81. The van der Waals surface area contributed by atoms with Crippen molar-refractivity contribution in [1.29, 1.82) is 0 Å². The van der Waals surface area contributed by atoms with Crippen molar-refractivity contribution in [2.45, 2.75) is 71.1 Å². The Kier molecular flexibility index (Phi) is 9.05. The van der Waals surface area contributed by atoms with Crippen molar-refractivity contribution in [2.24, 2.45) is 0 Å². The summed E-state index contributed by atoms with van der Waals surface area (Å²) in [5.41, 5.74) is 2.89. The van der Waals surface area contributed by atoms with Gasteiger partial charge in [0.2, 0.25) is 0 Å². The van der Waals surface area contributed by atoms with Crippen LogP contribution in [0.2, 0.25) is 0 Å². The lowest BCUT2D eigenvalue weighted by atomic mass is 10.0. The van der Waals surface area contributed by atoms with Gasteiger partial charge in [-0.15, -0.1) is 0 Å². The molecule has 1 aromatic rings. The van der Waals surface area contributed by atoms with E-state index < -0.39 is 0 Å². The molecule has 0 aromatic heterocycles. The van der Waals surface area contributed by atoms with E-state index in [0.29, 0.717) is 6.42 Å². The SMILES string of the molecule is CCCCCCc1ccc(CCCCC[C]=O)cc1. The van der Waals surface area contributed by atoms with E-state index in [1.807, 2.05) is 6.29 Å². The summed E-state index contributed by atoms with van der Waals surface area (Å²) in [5.74, 6) is 0. The third-order valence-corrected chi connectivity index (χ3v) is 3.59. The van der Waals surface area contributed by atoms with Gasteiger partial charge in [0.1, 0.15) is 0 Å². The molecular formula is C18H27O. The molecule has 0 saturated carbocycles. The van der Waals surface area contributed by atoms with Crippen molar-refractivity contribution in [2.75, 3.05) is 0 Å². The number of unbranched alkanes of at least 4 members (excludes halogenated alkanes) is 6. The maximum atomic E-state index is 10.1. The molecule has 0 atom stereocenters. The monoisotopic (exact) mass is 259 g/mol. The van der Waals surface area contributed by atoms with Crippen LogP contribution in [0.15, 0.2) is 24.3 Å². The molecule has 0 saturated heterocycles. The van der Waals surface area contributed by atoms with Gasteiger partial charge in [-0.3, -0.25) is 4.79 Å². The molecule has 0 aliphatic carbocycles. The molecule has 0 N–H and O–H groups in total. The highest BCUT2D eigenvalue weighted by Crippen LogP contribution is 2.12. The number of hydrogen-bond acceptors (Lipinski definition) is 1. The van der Waals surface area contributed by atoms with Gasteiger partial charge >= 0.3 is 0 Å². The van der Waals surface area contributed by atoms with Crippen LogP contribution in [0.1, 0.15) is 69.4 Å². The van der Waals surface area contributed by atoms with Crippen molar-refractivity contribution in [1.82, 2.24) is 0 Å². The second kappa shape index (κ2) is 10.8. The highest BCUT2D eigenvalue weighted by molar-refractivity contribution is 5.50. The molecule has 0 aliphatic heterocycles. The highest BCUT2D eigenvalue weighted by Gasteiger charge is 1.96. The van der Waals surface area contributed by atoms with Crippen molar-refractivity contribution in [3.05, 3.63) is 35.4 Å². The van der Waals surface area contributed by atoms with Gasteiger partial charge in [-0.25, -0.2) is 0 Å². The van der Waals surface area contributed by atoms with Crippen LogP contribution < -0.4 is 0 Å². The topological polar surface area (TPSA) is 17.1 Å². The molecule has 1 rings (SSSR count). The van der Waals surface area contributed by atoms with Crippen LogP contribution in [0.4, 0.5) is 0 Å². The van der Waals surface area contributed by atoms with Crippen molar-refractivity contribution >= 4 is 6.29 Å². The Labute approximate surface area is 118 Å². The Bertz CT molecular complexity index is 326. The first-order chi connectivity index (χ1) is 9.36. The first-order valence-electron chi connectivity index (χ1n) is 7.79. The zero-order chi connectivity index (χ0) is 13.8. The zero-order valence-electron chi connectivity index (χ0n) is 12.3. The summed E-state index contributed by atoms with van der Waals surface area (Å²) < 4.78 is 0. The standard InChI is InChI=1S/C18H27O/c1-2-3-4-7-10-17-12-14-18(15-13-17)11-8-5-6-9-16-19/h12-15H,2-11H2,1H3. The second-order valence-corrected chi connectivity index (χ2v) is 5.33. The number of benzene rings is 1. The van der Waals surface area contributed by atoms with Gasteiger partial charge in [0.05, 0.1) is 0 Å². The van der Waals surface area contributed by atoms with Gasteiger partial charge in [-0.05, 0) is 43.2 Å². The molecule has 0 aliphatic rings. The molecule has 0 heterocycles. The molecule has 0 bridgehead atoms. The third-order valence-electron chi connectivity index (χ3n) is 3.59. The quantitative estimate of drug-likeness (QED) is 0.510. The van der Waals surface area contributed by atoms with E-state index in [4.69, 9.17) is 0 Å². The predicted octanol–water partition coefficient (Wildman–Crippen LogP) is 5.02. The summed E-state index contributed by atoms with van der Waals surface area (Å²) in [6.45, 7) is 2.25. The molecule has 0 amide bonds. The van der Waals surface area contributed by atoms with Crippen LogP contribution in [0.3, 0.4) is 0 Å². The van der Waals surface area contributed by atoms with Crippen LogP contribution >= 0.6 is 0 Å². The molecule has 105 valence electrons. The molecule has 0 unspecified atom stereocenters. The van der Waals surface area contributed by atoms with Gasteiger partial charge in [0, 0.05) is 6.42 Å². The summed E-state index contributed by atoms with van der Waals surface area (Å²) >= 11 is 0. The summed E-state index contributed by atoms with van der Waals surface area (Å²) in [4.78, 5) is 10.1. The van der Waals surface area contributed by atoms with Gasteiger partial charge in [0.25, 0.3) is 0 Å². The molecular weight excluding hydrogens is 232 g/mol. The minimum Gasteiger partial charge on any atom is -0.291 e. The zero-order valence-corrected chi connectivity index (χ0v) is 12.3. The fourth-order valence-electron chi connectivity index (χ4n) is 2.33. The minimum atomic E-state index is 0.594. The Hall–Kier alpha value is -1.11. The van der Waals surface area contributed by atoms with E-state index in [-0.39, 0.29) is 0 Å². The number of hydrogen-bond donors (Lipinski definition) is 0. The molecule has 1 nitrogen and oxygen atoms in total. The minimum absolute atomic E-state index is 0.594. The fraction of sp³-hybridized carbons (Fsp3) is 0.611. The van der Waals surface area contributed by atoms with E-state index in [1.165, 1.54) is 49.7 Å². The maximum Gasteiger partial charge on any atom is 0.198 e. The van der Waals surface area contributed by atoms with Crippen LogP contribution in [-0.4, -0.2) is 6.29 Å². The summed E-state index contributed by atoms with van der Waals surface area (Å²) in [6.07, 6.45) is 13.5. The first kappa shape index (κ1) is 15.9. The van der Waals surface area contributed by atoms with Gasteiger partial charge < -0.3 is 0 Å². The van der Waals surface area contributed by atoms with E-state index in [9.17, 15) is 4.79 Å². The molecule has 19 heavy (non-hydrogen) atoms. The van der Waals surface area contributed by atoms with Crippen molar-refractivity contribution in [3.8, 4) is 0 Å². The lowest BCUT2D eigenvalue weighted by Gasteiger charge is -2.04. The highest BCUT2D eigenvalue weighted by atomic mass is 16.1. The van der Waals surface area contributed by atoms with E-state index >= 15 is 0 Å². The smallest absolute Gasteiger partial charge is 0.198 e. The molecule has 0 fully saturated rings. The van der Waals surface area contributed by atoms with Crippen molar-refractivity contribution in [3.63, 3.8) is 0 Å². The molecule has 1 radical (unpaired) electrons. The first-order valence-corrected chi connectivity index (χ1v) is 7.79. The van der Waals surface area contributed by atoms with Crippen LogP contribution in [-0.2, 0) is 17.6 Å². The van der Waals surface area contributed by atoms with E-state index in [2.05, 4.69) is 31.2 Å². The summed E-state index contributed by atoms with van der Waals surface area (Å²) in [5, 5.41) is 0. The summed E-state index contributed by atoms with van der Waals surface area (Å²) in [7, 11) is 0. The lowest BCUT2D eigenvalue weighted by molar-refractivity contribution is 0.545. The average Bonchev–Trinajstić information content (AvgIpc) is 2.45. The largest absolute Gasteiger partial charge is 0.291 e. The number of aryl methyl sites for hydroxylation is 2. The molecule has 1 heteroatoms. The second-order valence-electron chi connectivity index (χ2n) is 5.33. The van der Waals surface area contributed by atoms with Crippen LogP contribution in [0, 0.1) is 0 Å². The molecule has 1 aromatic carbocycles. The number of carbonyl (C=O) groups excluding carboxylic acids is 1. The Balaban J connectivity index is 2.17. The van der Waals surface area contributed by atoms with Gasteiger partial charge in [-0.2, -0.15) is 0 Å². The van der Waals surface area contributed by atoms with Crippen LogP contribution in [0.5, 0.6) is 0 Å². The average molecular weight is 259 g/mol. The lowest BCUT2D eigenvalue weighted by Crippen LogP contribution is -1.89. The van der Waals surface area contributed by atoms with Crippen molar-refractivity contribution < 1.29 is 4.79 Å². The number of rotatable bonds is 11. The fourth-order valence-corrected chi connectivity index (χ4v) is 2.33.